The molecule has 17 heavy (non-hydrogen) atoms. The second-order valence-electron chi connectivity index (χ2n) is 5.12. The van der Waals surface area contributed by atoms with Crippen LogP contribution in [0.2, 0.25) is 0 Å². The van der Waals surface area contributed by atoms with Gasteiger partial charge in [0.1, 0.15) is 0 Å². The smallest absolute Gasteiger partial charge is 0.0404 e. The summed E-state index contributed by atoms with van der Waals surface area (Å²) in [5.41, 5.74) is 3.01. The van der Waals surface area contributed by atoms with E-state index in [-0.39, 0.29) is 5.54 Å². The molecule has 0 spiro atoms. The normalized spacial score (nSPS) is 16.5. The minimum atomic E-state index is 0.197. The van der Waals surface area contributed by atoms with E-state index in [0.29, 0.717) is 0 Å². The van der Waals surface area contributed by atoms with E-state index < -0.39 is 0 Å². The van der Waals surface area contributed by atoms with Crippen molar-refractivity contribution < 1.29 is 0 Å². The maximum atomic E-state index is 2.60. The molecule has 1 saturated heterocycles. The van der Waals surface area contributed by atoms with Crippen molar-refractivity contribution in [1.29, 1.82) is 0 Å². The van der Waals surface area contributed by atoms with E-state index in [0.717, 1.165) is 0 Å². The maximum absolute atomic E-state index is 2.60. The molecule has 1 aliphatic rings. The zero-order chi connectivity index (χ0) is 12.9. The van der Waals surface area contributed by atoms with Crippen LogP contribution in [0.25, 0.3) is 0 Å². The molecule has 0 atom stereocenters. The molecular weight excluding hydrogens is 206 g/mol. The Morgan fingerprint density at radius 3 is 2.18 bits per heavy atom. The van der Waals surface area contributed by atoms with E-state index in [4.69, 9.17) is 0 Å². The average Bonchev–Trinajstić information content (AvgIpc) is 2.86. The Morgan fingerprint density at radius 1 is 1.06 bits per heavy atom. The van der Waals surface area contributed by atoms with Gasteiger partial charge in [-0.15, -0.1) is 0 Å². The minimum absolute atomic E-state index is 0.197. The molecule has 0 unspecified atom stereocenters. The number of benzene rings is 1. The largest absolute Gasteiger partial charge is 0.294 e. The fraction of sp³-hybridized carbons (Fsp3) is 0.625. The average molecular weight is 233 g/mol. The fourth-order valence-corrected chi connectivity index (χ4v) is 2.48. The highest BCUT2D eigenvalue weighted by Crippen LogP contribution is 2.31. The Hall–Kier alpha value is -0.820. The third-order valence-electron chi connectivity index (χ3n) is 3.62. The number of hydrogen-bond acceptors (Lipinski definition) is 1. The molecule has 0 aromatic heterocycles. The van der Waals surface area contributed by atoms with Gasteiger partial charge in [0, 0.05) is 5.54 Å². The van der Waals surface area contributed by atoms with Gasteiger partial charge in [-0.25, -0.2) is 0 Å². The molecule has 2 rings (SSSR count). The number of hydrogen-bond donors (Lipinski definition) is 0. The van der Waals surface area contributed by atoms with Crippen LogP contribution in [0.1, 0.15) is 51.7 Å². The van der Waals surface area contributed by atoms with Gasteiger partial charge in [0.15, 0.2) is 0 Å². The van der Waals surface area contributed by atoms with Crippen molar-refractivity contribution in [1.82, 2.24) is 4.90 Å². The lowest BCUT2D eigenvalue weighted by molar-refractivity contribution is 0.155. The van der Waals surface area contributed by atoms with Crippen LogP contribution in [0.5, 0.6) is 0 Å². The third-order valence-corrected chi connectivity index (χ3v) is 3.62. The molecular formula is C16H27N. The van der Waals surface area contributed by atoms with Gasteiger partial charge in [0.2, 0.25) is 0 Å². The van der Waals surface area contributed by atoms with Gasteiger partial charge in [-0.05, 0) is 52.3 Å². The van der Waals surface area contributed by atoms with E-state index in [2.05, 4.69) is 49.9 Å². The van der Waals surface area contributed by atoms with Gasteiger partial charge in [-0.3, -0.25) is 4.90 Å². The standard InChI is InChI=1S/C14H21N.C2H6/c1-12-7-6-8-13(11-12)14(2,3)15-9-4-5-10-15;1-2/h6-8,11H,4-5,9-10H2,1-3H3;1-2H3. The Labute approximate surface area is 107 Å². The van der Waals surface area contributed by atoms with Crippen molar-refractivity contribution in [3.8, 4) is 0 Å². The zero-order valence-corrected chi connectivity index (χ0v) is 12.1. The molecule has 96 valence electrons. The van der Waals surface area contributed by atoms with Crippen LogP contribution < -0.4 is 0 Å². The zero-order valence-electron chi connectivity index (χ0n) is 12.1. The molecule has 0 bridgehead atoms. The molecule has 0 radical (unpaired) electrons. The van der Waals surface area contributed by atoms with Crippen molar-refractivity contribution in [2.24, 2.45) is 0 Å². The first kappa shape index (κ1) is 14.2. The van der Waals surface area contributed by atoms with Crippen LogP contribution in [0.15, 0.2) is 24.3 Å². The first-order valence-electron chi connectivity index (χ1n) is 6.93. The van der Waals surface area contributed by atoms with Crippen molar-refractivity contribution in [2.75, 3.05) is 13.1 Å². The van der Waals surface area contributed by atoms with Crippen LogP contribution >= 0.6 is 0 Å². The summed E-state index contributed by atoms with van der Waals surface area (Å²) in [7, 11) is 0. The molecule has 1 aromatic rings. The summed E-state index contributed by atoms with van der Waals surface area (Å²) < 4.78 is 0. The van der Waals surface area contributed by atoms with E-state index in [1.165, 1.54) is 37.1 Å². The lowest BCUT2D eigenvalue weighted by Crippen LogP contribution is -2.39. The monoisotopic (exact) mass is 233 g/mol. The SMILES string of the molecule is CC.Cc1cccc(C(C)(C)N2CCCC2)c1. The predicted molar refractivity (Wildman–Crippen MR) is 76.4 cm³/mol. The maximum Gasteiger partial charge on any atom is 0.0404 e. The lowest BCUT2D eigenvalue weighted by atomic mass is 9.91. The molecule has 1 aromatic carbocycles. The summed E-state index contributed by atoms with van der Waals surface area (Å²) in [4.78, 5) is 2.60. The molecule has 0 aliphatic carbocycles. The molecule has 1 aliphatic heterocycles. The van der Waals surface area contributed by atoms with E-state index in [9.17, 15) is 0 Å². The van der Waals surface area contributed by atoms with Crippen molar-refractivity contribution in [3.63, 3.8) is 0 Å². The predicted octanol–water partition coefficient (Wildman–Crippen LogP) is 4.35. The van der Waals surface area contributed by atoms with Crippen LogP contribution in [0.4, 0.5) is 0 Å². The Balaban J connectivity index is 0.000000686. The summed E-state index contributed by atoms with van der Waals surface area (Å²) in [5, 5.41) is 0. The van der Waals surface area contributed by atoms with Gasteiger partial charge < -0.3 is 0 Å². The molecule has 0 saturated carbocycles. The Kier molecular flexibility index (Phi) is 5.20. The first-order chi connectivity index (χ1) is 8.10. The van der Waals surface area contributed by atoms with E-state index in [1.54, 1.807) is 0 Å². The number of nitrogens with zero attached hydrogens (tertiary/aromatic N) is 1. The van der Waals surface area contributed by atoms with Gasteiger partial charge >= 0.3 is 0 Å². The summed E-state index contributed by atoms with van der Waals surface area (Å²) in [5.74, 6) is 0. The molecule has 1 fully saturated rings. The molecule has 0 N–H and O–H groups in total. The van der Waals surface area contributed by atoms with Crippen LogP contribution in [0.3, 0.4) is 0 Å². The second kappa shape index (κ2) is 6.20. The summed E-state index contributed by atoms with van der Waals surface area (Å²) in [6.07, 6.45) is 2.71. The van der Waals surface area contributed by atoms with Crippen molar-refractivity contribution in [2.45, 2.75) is 53.0 Å². The third kappa shape index (κ3) is 3.32. The van der Waals surface area contributed by atoms with Gasteiger partial charge in [-0.1, -0.05) is 43.7 Å². The van der Waals surface area contributed by atoms with Crippen molar-refractivity contribution in [3.05, 3.63) is 35.4 Å². The van der Waals surface area contributed by atoms with Gasteiger partial charge in [-0.2, -0.15) is 0 Å². The van der Waals surface area contributed by atoms with Gasteiger partial charge in [0.05, 0.1) is 0 Å². The van der Waals surface area contributed by atoms with E-state index >= 15 is 0 Å². The summed E-state index contributed by atoms with van der Waals surface area (Å²) in [6, 6.07) is 8.91. The first-order valence-corrected chi connectivity index (χ1v) is 6.93. The summed E-state index contributed by atoms with van der Waals surface area (Å²) >= 11 is 0. The van der Waals surface area contributed by atoms with Crippen LogP contribution in [0, 0.1) is 6.92 Å². The highest BCUT2D eigenvalue weighted by molar-refractivity contribution is 5.28. The fourth-order valence-electron chi connectivity index (χ4n) is 2.48. The van der Waals surface area contributed by atoms with Crippen molar-refractivity contribution >= 4 is 0 Å². The molecule has 1 heterocycles. The Bertz CT molecular complexity index is 335. The topological polar surface area (TPSA) is 3.24 Å². The molecule has 1 heteroatoms. The second-order valence-corrected chi connectivity index (χ2v) is 5.12. The Morgan fingerprint density at radius 2 is 1.65 bits per heavy atom. The van der Waals surface area contributed by atoms with Gasteiger partial charge in [0.25, 0.3) is 0 Å². The number of rotatable bonds is 2. The van der Waals surface area contributed by atoms with Crippen LogP contribution in [-0.2, 0) is 5.54 Å². The molecule has 1 nitrogen and oxygen atoms in total. The molecule has 0 amide bonds. The summed E-state index contributed by atoms with van der Waals surface area (Å²) in [6.45, 7) is 13.4. The minimum Gasteiger partial charge on any atom is -0.294 e. The number of aryl methyl sites for hydroxylation is 1. The number of likely N-dealkylation sites (tertiary alicyclic amines) is 1. The highest BCUT2D eigenvalue weighted by atomic mass is 15.2. The lowest BCUT2D eigenvalue weighted by Gasteiger charge is -2.36. The quantitative estimate of drug-likeness (QED) is 0.734. The van der Waals surface area contributed by atoms with E-state index in [1.807, 2.05) is 13.8 Å². The highest BCUT2D eigenvalue weighted by Gasteiger charge is 2.30. The van der Waals surface area contributed by atoms with Crippen LogP contribution in [-0.4, -0.2) is 18.0 Å².